The average Bonchev–Trinajstić information content (AvgIpc) is 2.40. The Balaban J connectivity index is 1.71. The van der Waals surface area contributed by atoms with Crippen LogP contribution in [0.3, 0.4) is 0 Å². The summed E-state index contributed by atoms with van der Waals surface area (Å²) in [7, 11) is 0. The minimum absolute atomic E-state index is 0.303. The van der Waals surface area contributed by atoms with Gasteiger partial charge in [-0.05, 0) is 39.8 Å². The van der Waals surface area contributed by atoms with Crippen LogP contribution in [0.2, 0.25) is 0 Å². The van der Waals surface area contributed by atoms with Crippen LogP contribution in [0.25, 0.3) is 0 Å². The monoisotopic (exact) mass is 255 g/mol. The molecular formula is C14H29N3O. The molecular weight excluding hydrogens is 226 g/mol. The van der Waals surface area contributed by atoms with Gasteiger partial charge < -0.3 is 10.0 Å². The highest BCUT2D eigenvalue weighted by atomic mass is 16.3. The Kier molecular flexibility index (Phi) is 5.42. The largest absolute Gasteiger partial charge is 0.395 e. The van der Waals surface area contributed by atoms with Crippen LogP contribution in [0.15, 0.2) is 0 Å². The normalized spacial score (nSPS) is 26.0. The van der Waals surface area contributed by atoms with E-state index in [1.807, 2.05) is 0 Å². The Bertz CT molecular complexity index is 231. The molecule has 4 heteroatoms. The average molecular weight is 255 g/mol. The molecule has 0 aromatic rings. The van der Waals surface area contributed by atoms with Gasteiger partial charge in [0.2, 0.25) is 0 Å². The zero-order valence-corrected chi connectivity index (χ0v) is 12.0. The maximum absolute atomic E-state index is 8.96. The molecule has 18 heavy (non-hydrogen) atoms. The summed E-state index contributed by atoms with van der Waals surface area (Å²) in [5, 5.41) is 8.96. The van der Waals surface area contributed by atoms with E-state index in [2.05, 4.69) is 28.5 Å². The van der Waals surface area contributed by atoms with Gasteiger partial charge in [-0.15, -0.1) is 0 Å². The summed E-state index contributed by atoms with van der Waals surface area (Å²) in [5.74, 6) is 0. The van der Waals surface area contributed by atoms with Gasteiger partial charge >= 0.3 is 0 Å². The second-order valence-electron chi connectivity index (χ2n) is 5.96. The van der Waals surface area contributed by atoms with Crippen LogP contribution >= 0.6 is 0 Å². The van der Waals surface area contributed by atoms with E-state index >= 15 is 0 Å². The van der Waals surface area contributed by atoms with E-state index in [0.717, 1.165) is 25.7 Å². The Hall–Kier alpha value is -0.160. The second-order valence-corrected chi connectivity index (χ2v) is 5.96. The molecule has 0 aromatic carbocycles. The molecule has 106 valence electrons. The minimum atomic E-state index is 0.303. The van der Waals surface area contributed by atoms with Gasteiger partial charge in [-0.2, -0.15) is 0 Å². The lowest BCUT2D eigenvalue weighted by atomic mass is 10.0. The first-order valence-electron chi connectivity index (χ1n) is 7.52. The number of piperidine rings is 1. The lowest BCUT2D eigenvalue weighted by Gasteiger charge is -2.43. The highest BCUT2D eigenvalue weighted by molar-refractivity contribution is 4.84. The molecule has 0 aliphatic carbocycles. The summed E-state index contributed by atoms with van der Waals surface area (Å²) in [6.07, 6.45) is 2.56. The van der Waals surface area contributed by atoms with Gasteiger partial charge in [-0.25, -0.2) is 0 Å². The first-order chi connectivity index (χ1) is 8.70. The number of nitrogens with zero attached hydrogens (tertiary/aromatic N) is 3. The lowest BCUT2D eigenvalue weighted by Crippen LogP contribution is -2.54. The minimum Gasteiger partial charge on any atom is -0.395 e. The third kappa shape index (κ3) is 3.67. The molecule has 0 atom stereocenters. The van der Waals surface area contributed by atoms with E-state index in [0.29, 0.717) is 12.6 Å². The van der Waals surface area contributed by atoms with Crippen molar-refractivity contribution < 1.29 is 5.11 Å². The number of aliphatic hydroxyl groups excluding tert-OH is 1. The highest BCUT2D eigenvalue weighted by Gasteiger charge is 2.27. The van der Waals surface area contributed by atoms with Crippen LogP contribution in [-0.4, -0.2) is 84.3 Å². The molecule has 2 heterocycles. The van der Waals surface area contributed by atoms with Gasteiger partial charge in [0, 0.05) is 44.8 Å². The van der Waals surface area contributed by atoms with Crippen LogP contribution in [0.4, 0.5) is 0 Å². The smallest absolute Gasteiger partial charge is 0.0558 e. The van der Waals surface area contributed by atoms with Crippen LogP contribution in [-0.2, 0) is 0 Å². The standard InChI is InChI=1S/C14H29N3O/c1-13(2)16-7-9-17(10-8-16)14-3-5-15(6-4-14)11-12-18/h13-14,18H,3-12H2,1-2H3. The molecule has 2 aliphatic heterocycles. The number of likely N-dealkylation sites (tertiary alicyclic amines) is 1. The van der Waals surface area contributed by atoms with Crippen LogP contribution < -0.4 is 0 Å². The van der Waals surface area contributed by atoms with E-state index in [9.17, 15) is 0 Å². The molecule has 0 radical (unpaired) electrons. The number of piperazine rings is 1. The van der Waals surface area contributed by atoms with Crippen molar-refractivity contribution in [3.8, 4) is 0 Å². The van der Waals surface area contributed by atoms with E-state index in [4.69, 9.17) is 5.11 Å². The van der Waals surface area contributed by atoms with Crippen LogP contribution in [0, 0.1) is 0 Å². The quantitative estimate of drug-likeness (QED) is 0.791. The van der Waals surface area contributed by atoms with Crippen LogP contribution in [0.5, 0.6) is 0 Å². The maximum Gasteiger partial charge on any atom is 0.0558 e. The molecule has 2 aliphatic rings. The van der Waals surface area contributed by atoms with Gasteiger partial charge in [-0.3, -0.25) is 9.80 Å². The fraction of sp³-hybridized carbons (Fsp3) is 1.00. The topological polar surface area (TPSA) is 30.0 Å². The van der Waals surface area contributed by atoms with Gasteiger partial charge in [0.1, 0.15) is 0 Å². The predicted molar refractivity (Wildman–Crippen MR) is 74.8 cm³/mol. The molecule has 4 nitrogen and oxygen atoms in total. The van der Waals surface area contributed by atoms with Crippen molar-refractivity contribution in [1.29, 1.82) is 0 Å². The summed E-state index contributed by atoms with van der Waals surface area (Å²) in [5.41, 5.74) is 0. The Morgan fingerprint density at radius 2 is 1.61 bits per heavy atom. The molecule has 0 spiro atoms. The number of β-amino-alcohol motifs (C(OH)–C–C–N with tert-alkyl or cyclic N) is 1. The van der Waals surface area contributed by atoms with Crippen molar-refractivity contribution in [3.05, 3.63) is 0 Å². The summed E-state index contributed by atoms with van der Waals surface area (Å²) < 4.78 is 0. The van der Waals surface area contributed by atoms with E-state index in [-0.39, 0.29) is 0 Å². The van der Waals surface area contributed by atoms with Gasteiger partial charge in [-0.1, -0.05) is 0 Å². The fourth-order valence-electron chi connectivity index (χ4n) is 3.27. The molecule has 0 aromatic heterocycles. The summed E-state index contributed by atoms with van der Waals surface area (Å²) >= 11 is 0. The number of aliphatic hydroxyl groups is 1. The molecule has 2 saturated heterocycles. The molecule has 0 bridgehead atoms. The molecule has 2 fully saturated rings. The summed E-state index contributed by atoms with van der Waals surface area (Å²) in [6, 6.07) is 1.48. The zero-order chi connectivity index (χ0) is 13.0. The third-order valence-electron chi connectivity index (χ3n) is 4.57. The summed E-state index contributed by atoms with van der Waals surface area (Å²) in [4.78, 5) is 7.66. The first-order valence-corrected chi connectivity index (χ1v) is 7.52. The molecule has 1 N–H and O–H groups in total. The fourth-order valence-corrected chi connectivity index (χ4v) is 3.27. The van der Waals surface area contributed by atoms with Gasteiger partial charge in [0.25, 0.3) is 0 Å². The van der Waals surface area contributed by atoms with Gasteiger partial charge in [0.15, 0.2) is 0 Å². The Labute approximate surface area is 112 Å². The first kappa shape index (κ1) is 14.3. The number of hydrogen-bond donors (Lipinski definition) is 1. The predicted octanol–water partition coefficient (Wildman–Crippen LogP) is 0.469. The van der Waals surface area contributed by atoms with Crippen molar-refractivity contribution in [1.82, 2.24) is 14.7 Å². The zero-order valence-electron chi connectivity index (χ0n) is 12.0. The van der Waals surface area contributed by atoms with Crippen molar-refractivity contribution in [2.24, 2.45) is 0 Å². The molecule has 0 amide bonds. The van der Waals surface area contributed by atoms with Crippen molar-refractivity contribution in [2.75, 3.05) is 52.4 Å². The lowest BCUT2D eigenvalue weighted by molar-refractivity contribution is 0.0453. The molecule has 2 rings (SSSR count). The molecule has 0 unspecified atom stereocenters. The highest BCUT2D eigenvalue weighted by Crippen LogP contribution is 2.18. The van der Waals surface area contributed by atoms with Crippen molar-refractivity contribution in [2.45, 2.75) is 38.8 Å². The molecule has 0 saturated carbocycles. The maximum atomic E-state index is 8.96. The van der Waals surface area contributed by atoms with Crippen molar-refractivity contribution in [3.63, 3.8) is 0 Å². The van der Waals surface area contributed by atoms with E-state index in [1.54, 1.807) is 0 Å². The third-order valence-corrected chi connectivity index (χ3v) is 4.57. The Morgan fingerprint density at radius 3 is 2.11 bits per heavy atom. The van der Waals surface area contributed by atoms with Gasteiger partial charge in [0.05, 0.1) is 6.61 Å². The Morgan fingerprint density at radius 1 is 1.00 bits per heavy atom. The number of rotatable bonds is 4. The van der Waals surface area contributed by atoms with Crippen LogP contribution in [0.1, 0.15) is 26.7 Å². The van der Waals surface area contributed by atoms with E-state index < -0.39 is 0 Å². The number of hydrogen-bond acceptors (Lipinski definition) is 4. The van der Waals surface area contributed by atoms with E-state index in [1.165, 1.54) is 39.0 Å². The SMILES string of the molecule is CC(C)N1CCN(C2CCN(CCO)CC2)CC1. The summed E-state index contributed by atoms with van der Waals surface area (Å²) in [6.45, 7) is 13.0. The second kappa shape index (κ2) is 6.85. The van der Waals surface area contributed by atoms with Crippen molar-refractivity contribution >= 4 is 0 Å².